The zero-order chi connectivity index (χ0) is 28.5. The maximum absolute atomic E-state index is 13.5. The largest absolute Gasteiger partial charge is 0.497 e. The number of rotatable bonds is 11. The number of hydrazine groups is 1. The van der Waals surface area contributed by atoms with E-state index in [2.05, 4.69) is 17.2 Å². The molecular formula is C27H40N6O6. The van der Waals surface area contributed by atoms with Gasteiger partial charge in [0, 0.05) is 26.7 Å². The number of fused-ring (bicyclic) bond motifs is 1. The number of nitrogens with zero attached hydrogens (tertiary/aromatic N) is 4. The molecule has 0 aliphatic carbocycles. The van der Waals surface area contributed by atoms with Gasteiger partial charge in [0.25, 0.3) is 0 Å². The highest BCUT2D eigenvalue weighted by molar-refractivity contribution is 5.91. The minimum atomic E-state index is -0.744. The lowest BCUT2D eigenvalue weighted by molar-refractivity contribution is -0.187. The van der Waals surface area contributed by atoms with Crippen molar-refractivity contribution in [2.75, 3.05) is 46.9 Å². The fourth-order valence-corrected chi connectivity index (χ4v) is 4.86. The fourth-order valence-electron chi connectivity index (χ4n) is 4.86. The van der Waals surface area contributed by atoms with Crippen LogP contribution in [-0.2, 0) is 20.9 Å². The van der Waals surface area contributed by atoms with E-state index >= 15 is 0 Å². The number of carbonyl (C=O) groups excluding carboxylic acids is 4. The van der Waals surface area contributed by atoms with E-state index < -0.39 is 18.3 Å². The van der Waals surface area contributed by atoms with Crippen LogP contribution in [-0.4, -0.2) is 103 Å². The first kappa shape index (κ1) is 29.8. The molecule has 0 aromatic heterocycles. The van der Waals surface area contributed by atoms with Crippen LogP contribution in [0.1, 0.15) is 32.3 Å². The van der Waals surface area contributed by atoms with Crippen molar-refractivity contribution in [3.8, 4) is 5.75 Å². The number of ether oxygens (including phenoxy) is 2. The SMILES string of the molecule is C=CCOC(=O)NCCC[C@H]1C(=O)N(CC(C)C)C[C@H]2N1C(=O)CN(C)N2C(=O)NCc1ccc(OC)cc1. The van der Waals surface area contributed by atoms with Gasteiger partial charge in [0.1, 0.15) is 24.6 Å². The van der Waals surface area contributed by atoms with E-state index in [-0.39, 0.29) is 50.0 Å². The Hall–Kier alpha value is -3.80. The maximum Gasteiger partial charge on any atom is 0.407 e. The van der Waals surface area contributed by atoms with Crippen molar-refractivity contribution in [1.29, 1.82) is 0 Å². The second-order valence-electron chi connectivity index (χ2n) is 10.1. The molecule has 2 heterocycles. The number of hydrogen-bond donors (Lipinski definition) is 2. The molecule has 2 atom stereocenters. The molecule has 39 heavy (non-hydrogen) atoms. The van der Waals surface area contributed by atoms with Gasteiger partial charge in [0.2, 0.25) is 11.8 Å². The van der Waals surface area contributed by atoms with Crippen molar-refractivity contribution in [2.45, 2.75) is 45.4 Å². The summed E-state index contributed by atoms with van der Waals surface area (Å²) in [6.07, 6.45) is 1.04. The van der Waals surface area contributed by atoms with Gasteiger partial charge in [-0.3, -0.25) is 9.59 Å². The third-order valence-corrected chi connectivity index (χ3v) is 6.59. The molecular weight excluding hydrogens is 504 g/mol. The Labute approximate surface area is 229 Å². The maximum atomic E-state index is 13.5. The number of nitrogens with one attached hydrogen (secondary N) is 2. The predicted molar refractivity (Wildman–Crippen MR) is 144 cm³/mol. The summed E-state index contributed by atoms with van der Waals surface area (Å²) >= 11 is 0. The van der Waals surface area contributed by atoms with E-state index in [1.165, 1.54) is 11.1 Å². The Balaban J connectivity index is 1.75. The number of piperazine rings is 1. The summed E-state index contributed by atoms with van der Waals surface area (Å²) in [6, 6.07) is 6.28. The molecule has 5 amide bonds. The summed E-state index contributed by atoms with van der Waals surface area (Å²) in [5.74, 6) is 0.562. The number of hydrogen-bond acceptors (Lipinski definition) is 7. The standard InChI is InChI=1S/C27H40N6O6/c1-6-14-39-27(37)28-13-7-8-22-25(35)31(16-19(2)3)17-23-32(22)24(34)18-30(4)33(23)26(36)29-15-20-9-11-21(38-5)12-10-20/h6,9-12,19,22-23H,1,7-8,13-18H2,2-5H3,(H,28,37)(H,29,36)/t22-,23-/m0/s1. The molecule has 3 rings (SSSR count). The first-order valence-corrected chi connectivity index (χ1v) is 13.2. The molecule has 12 heteroatoms. The summed E-state index contributed by atoms with van der Waals surface area (Å²) in [4.78, 5) is 55.2. The van der Waals surface area contributed by atoms with Crippen LogP contribution in [0, 0.1) is 5.92 Å². The van der Waals surface area contributed by atoms with E-state index in [1.807, 2.05) is 38.1 Å². The zero-order valence-electron chi connectivity index (χ0n) is 23.2. The number of methoxy groups -OCH3 is 1. The van der Waals surface area contributed by atoms with Crippen molar-refractivity contribution in [3.63, 3.8) is 0 Å². The highest BCUT2D eigenvalue weighted by atomic mass is 16.5. The Morgan fingerprint density at radius 2 is 1.90 bits per heavy atom. The number of benzene rings is 1. The van der Waals surface area contributed by atoms with Gasteiger partial charge in [-0.05, 0) is 36.5 Å². The van der Waals surface area contributed by atoms with E-state index in [9.17, 15) is 19.2 Å². The summed E-state index contributed by atoms with van der Waals surface area (Å²) in [5, 5.41) is 8.72. The van der Waals surface area contributed by atoms with Crippen molar-refractivity contribution in [3.05, 3.63) is 42.5 Å². The molecule has 2 fully saturated rings. The molecule has 2 aliphatic rings. The Bertz CT molecular complexity index is 1030. The molecule has 0 spiro atoms. The van der Waals surface area contributed by atoms with Crippen LogP contribution in [0.15, 0.2) is 36.9 Å². The average Bonchev–Trinajstić information content (AvgIpc) is 2.90. The summed E-state index contributed by atoms with van der Waals surface area (Å²) in [7, 11) is 3.29. The van der Waals surface area contributed by atoms with Crippen LogP contribution in [0.25, 0.3) is 0 Å². The van der Waals surface area contributed by atoms with Crippen LogP contribution >= 0.6 is 0 Å². The number of likely N-dealkylation sites (N-methyl/N-ethyl adjacent to an activating group) is 1. The molecule has 0 unspecified atom stereocenters. The first-order valence-electron chi connectivity index (χ1n) is 13.2. The highest BCUT2D eigenvalue weighted by Gasteiger charge is 2.50. The smallest absolute Gasteiger partial charge is 0.407 e. The van der Waals surface area contributed by atoms with E-state index in [0.717, 1.165) is 11.3 Å². The van der Waals surface area contributed by atoms with Crippen molar-refractivity contribution >= 4 is 23.9 Å². The number of urea groups is 1. The predicted octanol–water partition coefficient (Wildman–Crippen LogP) is 1.78. The van der Waals surface area contributed by atoms with Crippen molar-refractivity contribution < 1.29 is 28.7 Å². The Kier molecular flexibility index (Phi) is 10.6. The van der Waals surface area contributed by atoms with Gasteiger partial charge in [-0.2, -0.15) is 0 Å². The van der Waals surface area contributed by atoms with Gasteiger partial charge in [-0.1, -0.05) is 38.6 Å². The highest BCUT2D eigenvalue weighted by Crippen LogP contribution is 2.28. The minimum absolute atomic E-state index is 0.0352. The number of carbonyl (C=O) groups is 4. The lowest BCUT2D eigenvalue weighted by Gasteiger charge is -2.54. The monoisotopic (exact) mass is 544 g/mol. The first-order chi connectivity index (χ1) is 18.7. The van der Waals surface area contributed by atoms with Gasteiger partial charge in [0.15, 0.2) is 0 Å². The lowest BCUT2D eigenvalue weighted by atomic mass is 10.0. The molecule has 1 aromatic rings. The number of amides is 5. The van der Waals surface area contributed by atoms with Crippen LogP contribution < -0.4 is 15.4 Å². The van der Waals surface area contributed by atoms with E-state index in [4.69, 9.17) is 9.47 Å². The third kappa shape index (κ3) is 7.62. The lowest BCUT2D eigenvalue weighted by Crippen LogP contribution is -2.76. The molecule has 0 radical (unpaired) electrons. The average molecular weight is 545 g/mol. The second kappa shape index (κ2) is 13.8. The molecule has 2 saturated heterocycles. The normalized spacial score (nSPS) is 19.6. The minimum Gasteiger partial charge on any atom is -0.497 e. The molecule has 0 saturated carbocycles. The van der Waals surface area contributed by atoms with Crippen molar-refractivity contribution in [2.24, 2.45) is 5.92 Å². The fraction of sp³-hybridized carbons (Fsp3) is 0.556. The van der Waals surface area contributed by atoms with E-state index in [1.54, 1.807) is 29.0 Å². The molecule has 1 aromatic carbocycles. The second-order valence-corrected chi connectivity index (χ2v) is 10.1. The summed E-state index contributed by atoms with van der Waals surface area (Å²) < 4.78 is 10.1. The Morgan fingerprint density at radius 1 is 1.18 bits per heavy atom. The molecule has 2 N–H and O–H groups in total. The molecule has 0 bridgehead atoms. The summed E-state index contributed by atoms with van der Waals surface area (Å²) in [6.45, 7) is 8.90. The molecule has 2 aliphatic heterocycles. The van der Waals surface area contributed by atoms with Crippen LogP contribution in [0.3, 0.4) is 0 Å². The topological polar surface area (TPSA) is 124 Å². The van der Waals surface area contributed by atoms with Gasteiger partial charge in [-0.25, -0.2) is 19.6 Å². The third-order valence-electron chi connectivity index (χ3n) is 6.59. The van der Waals surface area contributed by atoms with Crippen LogP contribution in [0.5, 0.6) is 5.75 Å². The number of alkyl carbamates (subject to hydrolysis) is 1. The Morgan fingerprint density at radius 3 is 2.54 bits per heavy atom. The summed E-state index contributed by atoms with van der Waals surface area (Å²) in [5.41, 5.74) is 0.897. The van der Waals surface area contributed by atoms with Gasteiger partial charge < -0.3 is 29.9 Å². The van der Waals surface area contributed by atoms with Crippen molar-refractivity contribution in [1.82, 2.24) is 30.5 Å². The zero-order valence-corrected chi connectivity index (χ0v) is 23.2. The quantitative estimate of drug-likeness (QED) is 0.322. The molecule has 214 valence electrons. The van der Waals surface area contributed by atoms with E-state index in [0.29, 0.717) is 25.9 Å². The molecule has 12 nitrogen and oxygen atoms in total. The van der Waals surface area contributed by atoms with Crippen LogP contribution in [0.2, 0.25) is 0 Å². The van der Waals surface area contributed by atoms with Gasteiger partial charge in [0.05, 0.1) is 20.2 Å². The van der Waals surface area contributed by atoms with Crippen LogP contribution in [0.4, 0.5) is 9.59 Å². The van der Waals surface area contributed by atoms with Gasteiger partial charge >= 0.3 is 12.1 Å². The van der Waals surface area contributed by atoms with Gasteiger partial charge in [-0.15, -0.1) is 0 Å².